The predicted octanol–water partition coefficient (Wildman–Crippen LogP) is 17.3. The Bertz CT molecular complexity index is 2960. The van der Waals surface area contributed by atoms with Crippen LogP contribution in [0, 0.1) is 16.7 Å². The lowest BCUT2D eigenvalue weighted by atomic mass is 9.30. The molecular formula is C66H86BN3SSi. The van der Waals surface area contributed by atoms with Crippen LogP contribution in [0.2, 0.25) is 25.2 Å². The molecular weight excluding hydrogens is 906 g/mol. The van der Waals surface area contributed by atoms with Crippen molar-refractivity contribution in [2.75, 3.05) is 27.5 Å². The molecule has 3 fully saturated rings. The minimum atomic E-state index is -1.67. The maximum Gasteiger partial charge on any atom is 0.247 e. The summed E-state index contributed by atoms with van der Waals surface area (Å²) in [6.07, 6.45) is 22.9. The number of hydrogen-bond acceptors (Lipinski definition) is 4. The van der Waals surface area contributed by atoms with Crippen molar-refractivity contribution < 1.29 is 0 Å². The van der Waals surface area contributed by atoms with Crippen molar-refractivity contribution in [2.24, 2.45) is 16.7 Å². The molecule has 0 aromatic heterocycles. The first-order chi connectivity index (χ1) is 34.0. The van der Waals surface area contributed by atoms with Gasteiger partial charge in [0.2, 0.25) is 6.71 Å². The van der Waals surface area contributed by atoms with Crippen molar-refractivity contribution in [3.63, 3.8) is 0 Å². The van der Waals surface area contributed by atoms with Crippen LogP contribution in [0.15, 0.2) is 124 Å². The monoisotopic (exact) mass is 992 g/mol. The van der Waals surface area contributed by atoms with E-state index < -0.39 is 8.07 Å². The maximum absolute atomic E-state index is 3.04. The van der Waals surface area contributed by atoms with Gasteiger partial charge in [0.25, 0.3) is 0 Å². The first-order valence-corrected chi connectivity index (χ1v) is 33.2. The van der Waals surface area contributed by atoms with Crippen LogP contribution in [0.5, 0.6) is 0 Å². The maximum atomic E-state index is 3.04. The molecule has 4 heterocycles. The highest BCUT2D eigenvalue weighted by molar-refractivity contribution is 8.02. The Morgan fingerprint density at radius 1 is 0.778 bits per heavy atom. The standard InChI is InChI=1S/C66H86BN3SSi/c1-16-17-18-22-33-64(9)42-68(54-32-29-48(71-12)40-50(54)64)47-38-56-60-57(39-47)70-61-51(65(10)34-23-24-35-66(65,70)11)41-58(72(13,14)15)43(2)59(61)67(60)52-30-27-46(63(6,7)8)37-55(52)69(56)53-31-28-45(62(3,4)5)36-49(53)44-25-20-19-21-26-44/h19-21,25-31,36-41,43,54,58H,16-18,22-24,32-35,42H2,1-15H3. The smallest absolute Gasteiger partial charge is 0.247 e. The number of hydrogen-bond donors (Lipinski definition) is 0. The van der Waals surface area contributed by atoms with Crippen molar-refractivity contribution >= 4 is 65.9 Å². The third-order valence-electron chi connectivity index (χ3n) is 19.8. The van der Waals surface area contributed by atoms with E-state index in [1.165, 1.54) is 124 Å². The molecule has 4 aliphatic heterocycles. The molecule has 3 nitrogen and oxygen atoms in total. The van der Waals surface area contributed by atoms with Gasteiger partial charge in [0, 0.05) is 56.3 Å². The average molecular weight is 992 g/mol. The number of unbranched alkanes of at least 4 members (excludes halogenated alkanes) is 3. The van der Waals surface area contributed by atoms with Gasteiger partial charge in [-0.1, -0.05) is 194 Å². The summed E-state index contributed by atoms with van der Waals surface area (Å²) < 4.78 is 0. The van der Waals surface area contributed by atoms with Crippen molar-refractivity contribution in [3.05, 3.63) is 135 Å². The van der Waals surface area contributed by atoms with Gasteiger partial charge >= 0.3 is 0 Å². The summed E-state index contributed by atoms with van der Waals surface area (Å²) in [5.41, 5.74) is 22.6. The van der Waals surface area contributed by atoms with Gasteiger partial charge in [-0.3, -0.25) is 0 Å². The second-order valence-corrected chi connectivity index (χ2v) is 33.7. The number of rotatable bonds is 10. The van der Waals surface area contributed by atoms with Crippen LogP contribution in [0.4, 0.5) is 28.4 Å². The van der Waals surface area contributed by atoms with E-state index in [4.69, 9.17) is 0 Å². The Balaban J connectivity index is 1.25. The van der Waals surface area contributed by atoms with Gasteiger partial charge in [0.15, 0.2) is 0 Å². The molecule has 7 aliphatic rings. The second-order valence-electron chi connectivity index (χ2n) is 27.4. The van der Waals surface area contributed by atoms with Gasteiger partial charge in [-0.2, -0.15) is 0 Å². The van der Waals surface area contributed by atoms with Crippen molar-refractivity contribution in [1.82, 2.24) is 0 Å². The third-order valence-corrected chi connectivity index (χ3v) is 23.2. The van der Waals surface area contributed by atoms with Crippen molar-refractivity contribution in [2.45, 2.75) is 188 Å². The first kappa shape index (κ1) is 50.1. The topological polar surface area (TPSA) is 9.72 Å². The molecule has 1 saturated carbocycles. The van der Waals surface area contributed by atoms with E-state index in [2.05, 4.69) is 214 Å². The fourth-order valence-corrected chi connectivity index (χ4v) is 18.3. The summed E-state index contributed by atoms with van der Waals surface area (Å²) in [6.45, 7) is 36.5. The second kappa shape index (κ2) is 17.5. The van der Waals surface area contributed by atoms with Crippen LogP contribution in [0.1, 0.15) is 151 Å². The van der Waals surface area contributed by atoms with Gasteiger partial charge in [-0.25, -0.2) is 0 Å². The van der Waals surface area contributed by atoms with E-state index in [1.54, 1.807) is 22.3 Å². The van der Waals surface area contributed by atoms with Crippen LogP contribution >= 0.6 is 11.8 Å². The Hall–Kier alpha value is -4.13. The average Bonchev–Trinajstić information content (AvgIpc) is 3.75. The van der Waals surface area contributed by atoms with E-state index in [1.807, 2.05) is 11.8 Å². The Morgan fingerprint density at radius 3 is 2.17 bits per heavy atom. The fraction of sp³-hybridized carbons (Fsp3) is 0.515. The van der Waals surface area contributed by atoms with Crippen molar-refractivity contribution in [1.29, 1.82) is 0 Å². The molecule has 6 unspecified atom stereocenters. The summed E-state index contributed by atoms with van der Waals surface area (Å²) >= 11 is 1.93. The molecule has 0 N–H and O–H groups in total. The summed E-state index contributed by atoms with van der Waals surface area (Å²) in [5, 5.41) is 0. The number of thioether (sulfide) groups is 1. The van der Waals surface area contributed by atoms with Crippen molar-refractivity contribution in [3.8, 4) is 11.1 Å². The van der Waals surface area contributed by atoms with Crippen LogP contribution in [0.3, 0.4) is 0 Å². The third kappa shape index (κ3) is 7.61. The number of nitrogens with zero attached hydrogens (tertiary/aromatic N) is 3. The van der Waals surface area contributed by atoms with E-state index >= 15 is 0 Å². The highest BCUT2D eigenvalue weighted by Gasteiger charge is 2.65. The van der Waals surface area contributed by atoms with Crippen LogP contribution < -0.4 is 25.6 Å². The molecule has 4 aromatic carbocycles. The highest BCUT2D eigenvalue weighted by Crippen LogP contribution is 2.68. The molecule has 6 atom stereocenters. The van der Waals surface area contributed by atoms with E-state index in [0.717, 1.165) is 13.0 Å². The predicted molar refractivity (Wildman–Crippen MR) is 320 cm³/mol. The number of allylic oxidation sites excluding steroid dienone is 4. The van der Waals surface area contributed by atoms with Gasteiger partial charge in [0.1, 0.15) is 0 Å². The molecule has 4 aromatic rings. The van der Waals surface area contributed by atoms with Gasteiger partial charge in [-0.05, 0) is 136 Å². The number of benzene rings is 4. The molecule has 0 spiro atoms. The highest BCUT2D eigenvalue weighted by atomic mass is 32.2. The Labute approximate surface area is 442 Å². The van der Waals surface area contributed by atoms with Gasteiger partial charge in [-0.15, -0.1) is 11.8 Å². The minimum absolute atomic E-state index is 0.00379. The normalized spacial score (nSPS) is 27.5. The quantitative estimate of drug-likeness (QED) is 0.116. The molecule has 0 bridgehead atoms. The molecule has 2 saturated heterocycles. The summed E-state index contributed by atoms with van der Waals surface area (Å²) in [5.74, 6) is 0.433. The zero-order valence-corrected chi connectivity index (χ0v) is 48.9. The van der Waals surface area contributed by atoms with E-state index in [9.17, 15) is 0 Å². The summed E-state index contributed by atoms with van der Waals surface area (Å²) in [6, 6.07) is 32.4. The Morgan fingerprint density at radius 2 is 1.47 bits per heavy atom. The SMILES string of the molecule is CCCCCCC1(C)CN(c2cc3c4c(c2)N2C5=C(B4c4ccc(C(C)(C)C)cc4N3c3ccc(C(C)(C)C)cc3-c3ccccc3)C(C)C([Si](C)(C)C)C=C5C3(C)CCCCC23C)C2CC=C(SC)C=C21. The van der Waals surface area contributed by atoms with Crippen LogP contribution in [0.25, 0.3) is 11.1 Å². The number of fused-ring (bicyclic) bond motifs is 8. The first-order valence-electron chi connectivity index (χ1n) is 28.4. The Kier molecular flexibility index (Phi) is 12.1. The largest absolute Gasteiger partial charge is 0.363 e. The molecule has 0 radical (unpaired) electrons. The fourth-order valence-electron chi connectivity index (χ4n) is 15.5. The molecule has 72 heavy (non-hydrogen) atoms. The molecule has 11 rings (SSSR count). The lowest BCUT2D eigenvalue weighted by Crippen LogP contribution is -2.61. The lowest BCUT2D eigenvalue weighted by Gasteiger charge is -2.53. The van der Waals surface area contributed by atoms with E-state index in [-0.39, 0.29) is 33.9 Å². The van der Waals surface area contributed by atoms with Crippen LogP contribution in [-0.2, 0) is 10.8 Å². The molecule has 378 valence electrons. The molecule has 3 aliphatic carbocycles. The van der Waals surface area contributed by atoms with Gasteiger partial charge in [0.05, 0.1) is 25.3 Å². The summed E-state index contributed by atoms with van der Waals surface area (Å²) in [7, 11) is -1.67. The van der Waals surface area contributed by atoms with E-state index in [0.29, 0.717) is 17.5 Å². The number of anilines is 5. The van der Waals surface area contributed by atoms with Gasteiger partial charge < -0.3 is 14.7 Å². The molecule has 0 amide bonds. The van der Waals surface area contributed by atoms with Crippen LogP contribution in [-0.4, -0.2) is 39.2 Å². The molecule has 6 heteroatoms. The minimum Gasteiger partial charge on any atom is -0.363 e. The zero-order chi connectivity index (χ0) is 51.1. The summed E-state index contributed by atoms with van der Waals surface area (Å²) in [4.78, 5) is 10.2. The lowest BCUT2D eigenvalue weighted by molar-refractivity contribution is 0.159. The zero-order valence-electron chi connectivity index (χ0n) is 47.1.